The number of hydrogen-bond donors (Lipinski definition) is 0. The summed E-state index contributed by atoms with van der Waals surface area (Å²) < 4.78 is 16.6. The van der Waals surface area contributed by atoms with Crippen LogP contribution in [-0.2, 0) is 28.6 Å². The molecular weight excluding hydrogens is 757 g/mol. The number of carbonyl (C=O) groups excluding carboxylic acids is 3. The smallest absolute Gasteiger partial charge is 0.306 e. The third-order valence-corrected chi connectivity index (χ3v) is 10.1. The zero-order valence-corrected chi connectivity index (χ0v) is 39.4. The zero-order valence-electron chi connectivity index (χ0n) is 39.4. The number of carbonyl (C=O) groups is 3. The first-order chi connectivity index (χ1) is 30.0. The van der Waals surface area contributed by atoms with E-state index in [-0.39, 0.29) is 31.6 Å². The molecule has 0 aromatic rings. The molecule has 0 rings (SSSR count). The molecule has 0 heterocycles. The molecule has 61 heavy (non-hydrogen) atoms. The molecule has 6 nitrogen and oxygen atoms in total. The number of ether oxygens (including phenoxy) is 3. The Hall–Kier alpha value is -3.67. The number of esters is 3. The van der Waals surface area contributed by atoms with Gasteiger partial charge >= 0.3 is 17.9 Å². The van der Waals surface area contributed by atoms with Crippen LogP contribution < -0.4 is 0 Å². The van der Waals surface area contributed by atoms with E-state index in [1.165, 1.54) is 70.6 Å². The summed E-state index contributed by atoms with van der Waals surface area (Å²) in [5.41, 5.74) is 0. The second-order valence-electron chi connectivity index (χ2n) is 16.0. The van der Waals surface area contributed by atoms with Crippen LogP contribution in [0.2, 0.25) is 0 Å². The Morgan fingerprint density at radius 3 is 1.07 bits per heavy atom. The molecule has 346 valence electrons. The predicted octanol–water partition coefficient (Wildman–Crippen LogP) is 16.2. The Balaban J connectivity index is 4.38. The van der Waals surface area contributed by atoms with Gasteiger partial charge in [0, 0.05) is 19.3 Å². The summed E-state index contributed by atoms with van der Waals surface area (Å²) in [5, 5.41) is 0. The molecule has 0 radical (unpaired) electrons. The van der Waals surface area contributed by atoms with Gasteiger partial charge in [-0.05, 0) is 83.5 Å². The Morgan fingerprint density at radius 1 is 0.344 bits per heavy atom. The lowest BCUT2D eigenvalue weighted by Gasteiger charge is -2.18. The summed E-state index contributed by atoms with van der Waals surface area (Å²) in [6.45, 7) is 6.30. The second kappa shape index (κ2) is 49.0. The number of rotatable bonds is 43. The Labute approximate surface area is 375 Å². The summed E-state index contributed by atoms with van der Waals surface area (Å²) in [4.78, 5) is 37.8. The lowest BCUT2D eigenvalue weighted by molar-refractivity contribution is -0.166. The van der Waals surface area contributed by atoms with E-state index < -0.39 is 12.1 Å². The van der Waals surface area contributed by atoms with Crippen molar-refractivity contribution in [2.75, 3.05) is 13.2 Å². The van der Waals surface area contributed by atoms with Gasteiger partial charge in [0.2, 0.25) is 0 Å². The number of hydrogen-bond acceptors (Lipinski definition) is 6. The summed E-state index contributed by atoms with van der Waals surface area (Å²) >= 11 is 0. The minimum atomic E-state index is -0.816. The zero-order chi connectivity index (χ0) is 44.4. The maximum atomic E-state index is 12.7. The minimum absolute atomic E-state index is 0.108. The monoisotopic (exact) mass is 847 g/mol. The highest BCUT2D eigenvalue weighted by molar-refractivity contribution is 5.71. The van der Waals surface area contributed by atoms with E-state index in [2.05, 4.69) is 106 Å². The predicted molar refractivity (Wildman–Crippen MR) is 260 cm³/mol. The average Bonchev–Trinajstić information content (AvgIpc) is 3.26. The fourth-order valence-corrected chi connectivity index (χ4v) is 6.45. The molecule has 6 heteroatoms. The number of unbranched alkanes of at least 4 members (excludes halogenated alkanes) is 16. The molecule has 0 amide bonds. The van der Waals surface area contributed by atoms with Gasteiger partial charge < -0.3 is 14.2 Å². The van der Waals surface area contributed by atoms with E-state index in [4.69, 9.17) is 14.2 Å². The van der Waals surface area contributed by atoms with Gasteiger partial charge in [0.05, 0.1) is 0 Å². The molecule has 1 unspecified atom stereocenters. The highest BCUT2D eigenvalue weighted by Crippen LogP contribution is 2.13. The molecule has 1 atom stereocenters. The molecule has 0 aromatic heterocycles. The Morgan fingerprint density at radius 2 is 0.672 bits per heavy atom. The van der Waals surface area contributed by atoms with Crippen molar-refractivity contribution in [3.63, 3.8) is 0 Å². The van der Waals surface area contributed by atoms with Crippen molar-refractivity contribution in [2.24, 2.45) is 0 Å². The molecular formula is C55H90O6. The summed E-state index contributed by atoms with van der Waals surface area (Å²) in [7, 11) is 0. The van der Waals surface area contributed by atoms with E-state index in [1.807, 2.05) is 12.2 Å². The van der Waals surface area contributed by atoms with E-state index in [0.717, 1.165) is 96.3 Å². The van der Waals surface area contributed by atoms with Crippen LogP contribution in [0.4, 0.5) is 0 Å². The van der Waals surface area contributed by atoms with Crippen molar-refractivity contribution in [3.05, 3.63) is 97.2 Å². The second-order valence-corrected chi connectivity index (χ2v) is 16.0. The summed E-state index contributed by atoms with van der Waals surface area (Å²) in [6, 6.07) is 0. The van der Waals surface area contributed by atoms with E-state index in [0.29, 0.717) is 19.3 Å². The van der Waals surface area contributed by atoms with Crippen LogP contribution in [0.1, 0.15) is 213 Å². The van der Waals surface area contributed by atoms with E-state index >= 15 is 0 Å². The number of allylic oxidation sites excluding steroid dienone is 16. The van der Waals surface area contributed by atoms with Crippen LogP contribution in [0.25, 0.3) is 0 Å². The van der Waals surface area contributed by atoms with E-state index in [9.17, 15) is 14.4 Å². The van der Waals surface area contributed by atoms with Crippen molar-refractivity contribution >= 4 is 17.9 Å². The molecule has 0 spiro atoms. The quantitative estimate of drug-likeness (QED) is 0.0263. The van der Waals surface area contributed by atoms with Crippen molar-refractivity contribution < 1.29 is 28.6 Å². The first-order valence-corrected chi connectivity index (χ1v) is 24.7. The maximum Gasteiger partial charge on any atom is 0.306 e. The van der Waals surface area contributed by atoms with Gasteiger partial charge in [-0.2, -0.15) is 0 Å². The average molecular weight is 847 g/mol. The molecule has 0 aliphatic carbocycles. The minimum Gasteiger partial charge on any atom is -0.462 e. The van der Waals surface area contributed by atoms with Gasteiger partial charge in [-0.15, -0.1) is 0 Å². The molecule has 0 aliphatic rings. The van der Waals surface area contributed by atoms with Gasteiger partial charge in [0.15, 0.2) is 6.10 Å². The van der Waals surface area contributed by atoms with Gasteiger partial charge in [0.25, 0.3) is 0 Å². The molecule has 0 saturated heterocycles. The van der Waals surface area contributed by atoms with Crippen LogP contribution >= 0.6 is 0 Å². The van der Waals surface area contributed by atoms with Crippen LogP contribution in [0.5, 0.6) is 0 Å². The lowest BCUT2D eigenvalue weighted by Crippen LogP contribution is -2.30. The molecule has 0 bridgehead atoms. The maximum absolute atomic E-state index is 12.7. The van der Waals surface area contributed by atoms with Crippen molar-refractivity contribution in [1.29, 1.82) is 0 Å². The van der Waals surface area contributed by atoms with Crippen molar-refractivity contribution in [1.82, 2.24) is 0 Å². The topological polar surface area (TPSA) is 78.9 Å². The SMILES string of the molecule is CC/C=C\C/C=C\C/C=C\C/C=C\CCCCCCCCCCC(=O)OCC(COC(=O)CCCCCCCCCCC)OC(=O)CC/C=C\C/C=C\C/C=C\C/C=C\CC. The third kappa shape index (κ3) is 47.2. The van der Waals surface area contributed by atoms with Gasteiger partial charge in [-0.25, -0.2) is 0 Å². The van der Waals surface area contributed by atoms with Crippen LogP contribution in [0.3, 0.4) is 0 Å². The molecule has 0 saturated carbocycles. The lowest BCUT2D eigenvalue weighted by atomic mass is 10.1. The Bertz CT molecular complexity index is 1250. The van der Waals surface area contributed by atoms with Gasteiger partial charge in [0.1, 0.15) is 13.2 Å². The highest BCUT2D eigenvalue weighted by atomic mass is 16.6. The highest BCUT2D eigenvalue weighted by Gasteiger charge is 2.19. The summed E-state index contributed by atoms with van der Waals surface area (Å²) in [5.74, 6) is -1.01. The molecule has 0 aromatic carbocycles. The van der Waals surface area contributed by atoms with Crippen LogP contribution in [-0.4, -0.2) is 37.2 Å². The third-order valence-electron chi connectivity index (χ3n) is 10.1. The first-order valence-electron chi connectivity index (χ1n) is 24.7. The van der Waals surface area contributed by atoms with Gasteiger partial charge in [-0.1, -0.05) is 208 Å². The Kier molecular flexibility index (Phi) is 46.0. The van der Waals surface area contributed by atoms with Crippen LogP contribution in [0, 0.1) is 0 Å². The molecule has 0 N–H and O–H groups in total. The van der Waals surface area contributed by atoms with E-state index in [1.54, 1.807) is 0 Å². The van der Waals surface area contributed by atoms with Crippen LogP contribution in [0.15, 0.2) is 97.2 Å². The van der Waals surface area contributed by atoms with Gasteiger partial charge in [-0.3, -0.25) is 14.4 Å². The fourth-order valence-electron chi connectivity index (χ4n) is 6.45. The fraction of sp³-hybridized carbons (Fsp3) is 0.655. The van der Waals surface area contributed by atoms with Crippen molar-refractivity contribution in [2.45, 2.75) is 219 Å². The standard InChI is InChI=1S/C55H90O6/c1-4-7-10-13-16-19-21-23-24-25-26-27-28-29-30-32-33-36-39-42-45-48-54(57)60-51-52(50-59-53(56)47-44-41-38-35-18-15-12-9-6-3)61-55(58)49-46-43-40-37-34-31-22-20-17-14-11-8-5-2/h7-8,10-11,16-17,19-20,23-24,26-27,31,34,40,43,52H,4-6,9,12-15,18,21-22,25,28-30,32-33,35-39,41-42,44-51H2,1-3H3/b10-7-,11-8-,19-16-,20-17-,24-23-,27-26-,34-31-,43-40-. The molecule has 0 aliphatic heterocycles. The largest absolute Gasteiger partial charge is 0.462 e. The molecule has 0 fully saturated rings. The first kappa shape index (κ1) is 57.3. The summed E-state index contributed by atoms with van der Waals surface area (Å²) in [6.07, 6.45) is 64.1. The normalized spacial score (nSPS) is 12.9. The van der Waals surface area contributed by atoms with Crippen molar-refractivity contribution in [3.8, 4) is 0 Å².